The van der Waals surface area contributed by atoms with Crippen molar-refractivity contribution >= 4 is 11.3 Å². The molecule has 1 saturated carbocycles. The van der Waals surface area contributed by atoms with E-state index in [2.05, 4.69) is 10.4 Å². The lowest BCUT2D eigenvalue weighted by Gasteiger charge is -2.06. The third-order valence-electron chi connectivity index (χ3n) is 2.30. The molecule has 0 amide bonds. The van der Waals surface area contributed by atoms with Crippen LogP contribution in [0.2, 0.25) is 0 Å². The van der Waals surface area contributed by atoms with Crippen molar-refractivity contribution in [3.05, 3.63) is 16.1 Å². The molecule has 1 atom stereocenters. The molecule has 66 valence electrons. The van der Waals surface area contributed by atoms with Crippen LogP contribution >= 0.6 is 11.3 Å². The lowest BCUT2D eigenvalue weighted by molar-refractivity contribution is 0.589. The zero-order chi connectivity index (χ0) is 8.55. The molecule has 2 nitrogen and oxygen atoms in total. The smallest absolute Gasteiger partial charge is 0.0943 e. The third-order valence-corrected chi connectivity index (χ3v) is 3.29. The molecule has 1 fully saturated rings. The first kappa shape index (κ1) is 8.20. The van der Waals surface area contributed by atoms with Crippen LogP contribution in [0.25, 0.3) is 0 Å². The number of rotatable bonds is 3. The highest BCUT2D eigenvalue weighted by Gasteiger charge is 2.28. The third kappa shape index (κ3) is 1.84. The summed E-state index contributed by atoms with van der Waals surface area (Å²) < 4.78 is 0. The molecule has 1 aromatic rings. The van der Waals surface area contributed by atoms with E-state index in [4.69, 9.17) is 5.73 Å². The van der Waals surface area contributed by atoms with Gasteiger partial charge in [-0.15, -0.1) is 11.3 Å². The second-order valence-electron chi connectivity index (χ2n) is 3.59. The summed E-state index contributed by atoms with van der Waals surface area (Å²) in [5, 5.41) is 3.29. The Morgan fingerprint density at radius 1 is 1.75 bits per heavy atom. The number of aromatic nitrogens is 1. The van der Waals surface area contributed by atoms with Crippen LogP contribution in [0.15, 0.2) is 5.38 Å². The minimum atomic E-state index is 0.357. The van der Waals surface area contributed by atoms with Crippen molar-refractivity contribution in [1.29, 1.82) is 0 Å². The lowest BCUT2D eigenvalue weighted by Crippen LogP contribution is -2.24. The molecule has 0 radical (unpaired) electrons. The van der Waals surface area contributed by atoms with Gasteiger partial charge in [-0.1, -0.05) is 0 Å². The maximum Gasteiger partial charge on any atom is 0.0943 e. The number of nitrogens with two attached hydrogens (primary N) is 1. The molecule has 0 bridgehead atoms. The van der Waals surface area contributed by atoms with Crippen LogP contribution < -0.4 is 5.73 Å². The van der Waals surface area contributed by atoms with Gasteiger partial charge in [0, 0.05) is 23.5 Å². The SMILES string of the molecule is Cc1csc(CC(N)C2CC2)n1. The van der Waals surface area contributed by atoms with Crippen molar-refractivity contribution < 1.29 is 0 Å². The van der Waals surface area contributed by atoms with Gasteiger partial charge in [-0.2, -0.15) is 0 Å². The molecule has 1 aliphatic rings. The Labute approximate surface area is 76.8 Å². The minimum Gasteiger partial charge on any atom is -0.327 e. The van der Waals surface area contributed by atoms with Crippen LogP contribution in [-0.4, -0.2) is 11.0 Å². The van der Waals surface area contributed by atoms with Gasteiger partial charge in [-0.05, 0) is 25.7 Å². The molecule has 0 aliphatic heterocycles. The normalized spacial score (nSPS) is 19.5. The van der Waals surface area contributed by atoms with Gasteiger partial charge < -0.3 is 5.73 Å². The number of thiazole rings is 1. The summed E-state index contributed by atoms with van der Waals surface area (Å²) in [6, 6.07) is 0.357. The number of nitrogens with zero attached hydrogens (tertiary/aromatic N) is 1. The van der Waals surface area contributed by atoms with Gasteiger partial charge in [0.15, 0.2) is 0 Å². The summed E-state index contributed by atoms with van der Waals surface area (Å²) in [7, 11) is 0. The molecule has 1 aliphatic carbocycles. The number of hydrogen-bond donors (Lipinski definition) is 1. The highest BCUT2D eigenvalue weighted by atomic mass is 32.1. The van der Waals surface area contributed by atoms with E-state index in [1.165, 1.54) is 17.8 Å². The first-order valence-corrected chi connectivity index (χ1v) is 5.30. The highest BCUT2D eigenvalue weighted by molar-refractivity contribution is 7.09. The zero-order valence-electron chi connectivity index (χ0n) is 7.29. The quantitative estimate of drug-likeness (QED) is 0.773. The fourth-order valence-electron chi connectivity index (χ4n) is 1.39. The highest BCUT2D eigenvalue weighted by Crippen LogP contribution is 2.33. The van der Waals surface area contributed by atoms with Gasteiger partial charge in [0.25, 0.3) is 0 Å². The molecule has 1 unspecified atom stereocenters. The Bertz CT molecular complexity index is 265. The van der Waals surface area contributed by atoms with E-state index in [0.29, 0.717) is 6.04 Å². The Kier molecular flexibility index (Phi) is 2.15. The van der Waals surface area contributed by atoms with Gasteiger partial charge in [0.2, 0.25) is 0 Å². The average Bonchev–Trinajstić information content (AvgIpc) is 2.78. The van der Waals surface area contributed by atoms with E-state index < -0.39 is 0 Å². The fourth-order valence-corrected chi connectivity index (χ4v) is 2.23. The summed E-state index contributed by atoms with van der Waals surface area (Å²) in [6.45, 7) is 2.03. The molecular weight excluding hydrogens is 168 g/mol. The summed E-state index contributed by atoms with van der Waals surface area (Å²) in [6.07, 6.45) is 3.63. The molecule has 0 spiro atoms. The summed E-state index contributed by atoms with van der Waals surface area (Å²) in [5.74, 6) is 0.786. The Hall–Kier alpha value is -0.410. The van der Waals surface area contributed by atoms with Crippen molar-refractivity contribution in [3.63, 3.8) is 0 Å². The van der Waals surface area contributed by atoms with Gasteiger partial charge in [0.1, 0.15) is 0 Å². The van der Waals surface area contributed by atoms with E-state index in [9.17, 15) is 0 Å². The molecule has 2 rings (SSSR count). The van der Waals surface area contributed by atoms with Gasteiger partial charge in [-0.25, -0.2) is 4.98 Å². The van der Waals surface area contributed by atoms with Crippen molar-refractivity contribution in [2.45, 2.75) is 32.2 Å². The molecule has 0 aromatic carbocycles. The van der Waals surface area contributed by atoms with Gasteiger partial charge in [0.05, 0.1) is 5.01 Å². The number of hydrogen-bond acceptors (Lipinski definition) is 3. The second-order valence-corrected chi connectivity index (χ2v) is 4.53. The molecular formula is C9H14N2S. The maximum absolute atomic E-state index is 5.99. The zero-order valence-corrected chi connectivity index (χ0v) is 8.10. The minimum absolute atomic E-state index is 0.357. The average molecular weight is 182 g/mol. The monoisotopic (exact) mass is 182 g/mol. The van der Waals surface area contributed by atoms with Crippen LogP contribution in [0.4, 0.5) is 0 Å². The van der Waals surface area contributed by atoms with Crippen molar-refractivity contribution in [2.75, 3.05) is 0 Å². The predicted molar refractivity (Wildman–Crippen MR) is 51.3 cm³/mol. The van der Waals surface area contributed by atoms with E-state index in [0.717, 1.165) is 18.0 Å². The van der Waals surface area contributed by atoms with Gasteiger partial charge in [-0.3, -0.25) is 0 Å². The lowest BCUT2D eigenvalue weighted by atomic mass is 10.1. The van der Waals surface area contributed by atoms with Crippen LogP contribution in [0, 0.1) is 12.8 Å². The van der Waals surface area contributed by atoms with Crippen LogP contribution in [0.3, 0.4) is 0 Å². The number of aryl methyl sites for hydroxylation is 1. The summed E-state index contributed by atoms with van der Waals surface area (Å²) >= 11 is 1.73. The van der Waals surface area contributed by atoms with Crippen molar-refractivity contribution in [3.8, 4) is 0 Å². The molecule has 0 saturated heterocycles. The van der Waals surface area contributed by atoms with Gasteiger partial charge >= 0.3 is 0 Å². The summed E-state index contributed by atoms with van der Waals surface area (Å²) in [4.78, 5) is 4.40. The van der Waals surface area contributed by atoms with E-state index in [1.807, 2.05) is 6.92 Å². The van der Waals surface area contributed by atoms with Crippen molar-refractivity contribution in [1.82, 2.24) is 4.98 Å². The van der Waals surface area contributed by atoms with Crippen LogP contribution in [-0.2, 0) is 6.42 Å². The largest absolute Gasteiger partial charge is 0.327 e. The maximum atomic E-state index is 5.99. The van der Waals surface area contributed by atoms with Crippen molar-refractivity contribution in [2.24, 2.45) is 11.7 Å². The first-order chi connectivity index (χ1) is 5.75. The predicted octanol–water partition coefficient (Wildman–Crippen LogP) is 1.73. The Morgan fingerprint density at radius 3 is 3.00 bits per heavy atom. The molecule has 12 heavy (non-hydrogen) atoms. The molecule has 2 N–H and O–H groups in total. The van der Waals surface area contributed by atoms with Crippen LogP contribution in [0.5, 0.6) is 0 Å². The molecule has 1 aromatic heterocycles. The van der Waals surface area contributed by atoms with E-state index in [1.54, 1.807) is 11.3 Å². The summed E-state index contributed by atoms with van der Waals surface area (Å²) in [5.41, 5.74) is 7.11. The standard InChI is InChI=1S/C9H14N2S/c1-6-5-12-9(11-6)4-8(10)7-2-3-7/h5,7-8H,2-4,10H2,1H3. The Morgan fingerprint density at radius 2 is 2.50 bits per heavy atom. The van der Waals surface area contributed by atoms with E-state index in [-0.39, 0.29) is 0 Å². The van der Waals surface area contributed by atoms with E-state index >= 15 is 0 Å². The van der Waals surface area contributed by atoms with Crippen LogP contribution in [0.1, 0.15) is 23.5 Å². The molecule has 3 heteroatoms. The first-order valence-electron chi connectivity index (χ1n) is 4.42. The fraction of sp³-hybridized carbons (Fsp3) is 0.667. The Balaban J connectivity index is 1.93. The topological polar surface area (TPSA) is 38.9 Å². The second kappa shape index (κ2) is 3.15. The molecule has 1 heterocycles.